The SMILES string of the molecule is Cc1c(N)cccc1S(=O)(=O)NC1CCCCCC1O. The highest BCUT2D eigenvalue weighted by Crippen LogP contribution is 2.23. The molecule has 1 aromatic carbocycles. The molecular formula is C14H22N2O3S. The topological polar surface area (TPSA) is 92.4 Å². The Morgan fingerprint density at radius 3 is 2.70 bits per heavy atom. The number of rotatable bonds is 3. The van der Waals surface area contributed by atoms with Crippen molar-refractivity contribution in [3.05, 3.63) is 23.8 Å². The van der Waals surface area contributed by atoms with Crippen LogP contribution >= 0.6 is 0 Å². The van der Waals surface area contributed by atoms with Crippen molar-refractivity contribution in [2.24, 2.45) is 0 Å². The van der Waals surface area contributed by atoms with E-state index in [4.69, 9.17) is 5.73 Å². The van der Waals surface area contributed by atoms with E-state index < -0.39 is 22.2 Å². The molecule has 20 heavy (non-hydrogen) atoms. The summed E-state index contributed by atoms with van der Waals surface area (Å²) in [5, 5.41) is 10.0. The molecule has 0 aromatic heterocycles. The van der Waals surface area contributed by atoms with Gasteiger partial charge in [-0.2, -0.15) is 0 Å². The lowest BCUT2D eigenvalue weighted by Gasteiger charge is -2.22. The molecule has 1 fully saturated rings. The van der Waals surface area contributed by atoms with Crippen LogP contribution in [0.25, 0.3) is 0 Å². The second kappa shape index (κ2) is 6.11. The second-order valence-electron chi connectivity index (χ2n) is 5.40. The fraction of sp³-hybridized carbons (Fsp3) is 0.571. The third-order valence-electron chi connectivity index (χ3n) is 3.90. The number of nitrogens with one attached hydrogen (secondary N) is 1. The molecule has 5 nitrogen and oxygen atoms in total. The lowest BCUT2D eigenvalue weighted by atomic mass is 10.1. The van der Waals surface area contributed by atoms with Crippen molar-refractivity contribution >= 4 is 15.7 Å². The van der Waals surface area contributed by atoms with E-state index in [0.29, 0.717) is 24.1 Å². The molecule has 2 unspecified atom stereocenters. The number of aliphatic hydroxyl groups excluding tert-OH is 1. The van der Waals surface area contributed by atoms with Gasteiger partial charge in [-0.3, -0.25) is 0 Å². The van der Waals surface area contributed by atoms with Crippen LogP contribution in [0.5, 0.6) is 0 Å². The maximum absolute atomic E-state index is 12.5. The van der Waals surface area contributed by atoms with Crippen molar-refractivity contribution in [2.75, 3.05) is 5.73 Å². The molecule has 0 aliphatic heterocycles. The third kappa shape index (κ3) is 3.31. The van der Waals surface area contributed by atoms with Gasteiger partial charge in [-0.15, -0.1) is 0 Å². The fourth-order valence-electron chi connectivity index (χ4n) is 2.61. The summed E-state index contributed by atoms with van der Waals surface area (Å²) in [6, 6.07) is 4.43. The zero-order valence-corrected chi connectivity index (χ0v) is 12.5. The van der Waals surface area contributed by atoms with Crippen LogP contribution in [0.2, 0.25) is 0 Å². The molecule has 0 saturated heterocycles. The summed E-state index contributed by atoms with van der Waals surface area (Å²) < 4.78 is 27.5. The van der Waals surface area contributed by atoms with E-state index in [2.05, 4.69) is 4.72 Å². The van der Waals surface area contributed by atoms with Crippen molar-refractivity contribution in [1.82, 2.24) is 4.72 Å². The Morgan fingerprint density at radius 2 is 1.95 bits per heavy atom. The predicted molar refractivity (Wildman–Crippen MR) is 78.8 cm³/mol. The summed E-state index contributed by atoms with van der Waals surface area (Å²) in [5.74, 6) is 0. The number of benzene rings is 1. The molecule has 1 saturated carbocycles. The van der Waals surface area contributed by atoms with Crippen molar-refractivity contribution < 1.29 is 13.5 Å². The van der Waals surface area contributed by atoms with E-state index >= 15 is 0 Å². The first-order valence-corrected chi connectivity index (χ1v) is 8.45. The van der Waals surface area contributed by atoms with Crippen molar-refractivity contribution in [3.8, 4) is 0 Å². The van der Waals surface area contributed by atoms with Gasteiger partial charge in [-0.1, -0.05) is 25.3 Å². The van der Waals surface area contributed by atoms with Gasteiger partial charge in [0, 0.05) is 11.7 Å². The van der Waals surface area contributed by atoms with Gasteiger partial charge in [0.05, 0.1) is 11.0 Å². The summed E-state index contributed by atoms with van der Waals surface area (Å²) in [5.41, 5.74) is 6.76. The van der Waals surface area contributed by atoms with Gasteiger partial charge in [0.1, 0.15) is 0 Å². The Morgan fingerprint density at radius 1 is 1.25 bits per heavy atom. The van der Waals surface area contributed by atoms with Crippen molar-refractivity contribution in [2.45, 2.75) is 56.1 Å². The second-order valence-corrected chi connectivity index (χ2v) is 7.09. The van der Waals surface area contributed by atoms with Crippen LogP contribution in [-0.4, -0.2) is 25.7 Å². The molecule has 1 aromatic rings. The zero-order valence-electron chi connectivity index (χ0n) is 11.7. The van der Waals surface area contributed by atoms with Crippen LogP contribution in [0.1, 0.15) is 37.7 Å². The van der Waals surface area contributed by atoms with Gasteiger partial charge >= 0.3 is 0 Å². The van der Waals surface area contributed by atoms with E-state index in [9.17, 15) is 13.5 Å². The molecule has 0 bridgehead atoms. The molecule has 0 radical (unpaired) electrons. The van der Waals surface area contributed by atoms with E-state index in [-0.39, 0.29) is 4.90 Å². The van der Waals surface area contributed by atoms with Crippen LogP contribution in [0.4, 0.5) is 5.69 Å². The maximum Gasteiger partial charge on any atom is 0.241 e. The molecule has 6 heteroatoms. The first kappa shape index (κ1) is 15.3. The van der Waals surface area contributed by atoms with Gasteiger partial charge in [-0.25, -0.2) is 13.1 Å². The average Bonchev–Trinajstić information content (AvgIpc) is 2.58. The van der Waals surface area contributed by atoms with Crippen LogP contribution < -0.4 is 10.5 Å². The van der Waals surface area contributed by atoms with Gasteiger partial charge < -0.3 is 10.8 Å². The van der Waals surface area contributed by atoms with Gasteiger partial charge in [0.2, 0.25) is 10.0 Å². The van der Waals surface area contributed by atoms with E-state index in [1.165, 1.54) is 6.07 Å². The molecule has 2 atom stereocenters. The highest BCUT2D eigenvalue weighted by Gasteiger charge is 2.28. The molecule has 4 N–H and O–H groups in total. The van der Waals surface area contributed by atoms with Crippen LogP contribution in [0.3, 0.4) is 0 Å². The molecular weight excluding hydrogens is 276 g/mol. The predicted octanol–water partition coefficient (Wildman–Crippen LogP) is 1.55. The van der Waals surface area contributed by atoms with Gasteiger partial charge in [-0.05, 0) is 37.5 Å². The fourth-order valence-corrected chi connectivity index (χ4v) is 4.19. The number of aliphatic hydroxyl groups is 1. The molecule has 112 valence electrons. The minimum Gasteiger partial charge on any atom is -0.398 e. The Hall–Kier alpha value is -1.11. The molecule has 0 heterocycles. The van der Waals surface area contributed by atoms with Gasteiger partial charge in [0.15, 0.2) is 0 Å². The normalized spacial score (nSPS) is 24.3. The highest BCUT2D eigenvalue weighted by molar-refractivity contribution is 7.89. The van der Waals surface area contributed by atoms with Gasteiger partial charge in [0.25, 0.3) is 0 Å². The number of sulfonamides is 1. The summed E-state index contributed by atoms with van der Waals surface area (Å²) in [7, 11) is -3.65. The van der Waals surface area contributed by atoms with E-state index in [1.54, 1.807) is 19.1 Å². The average molecular weight is 298 g/mol. The summed E-state index contributed by atoms with van der Waals surface area (Å²) in [6.07, 6.45) is 3.60. The van der Waals surface area contributed by atoms with Crippen LogP contribution in [0, 0.1) is 6.92 Å². The first-order valence-electron chi connectivity index (χ1n) is 6.97. The number of hydrogen-bond acceptors (Lipinski definition) is 4. The van der Waals surface area contributed by atoms with E-state index in [0.717, 1.165) is 19.3 Å². The Labute approximate surface area is 120 Å². The summed E-state index contributed by atoms with van der Waals surface area (Å²) in [4.78, 5) is 0.189. The Kier molecular flexibility index (Phi) is 4.67. The largest absolute Gasteiger partial charge is 0.398 e. The third-order valence-corrected chi connectivity index (χ3v) is 5.54. The highest BCUT2D eigenvalue weighted by atomic mass is 32.2. The van der Waals surface area contributed by atoms with Crippen molar-refractivity contribution in [3.63, 3.8) is 0 Å². The lowest BCUT2D eigenvalue weighted by Crippen LogP contribution is -2.42. The Bertz CT molecular complexity index is 572. The smallest absolute Gasteiger partial charge is 0.241 e. The number of nitrogen functional groups attached to an aromatic ring is 1. The quantitative estimate of drug-likeness (QED) is 0.583. The molecule has 1 aliphatic carbocycles. The summed E-state index contributed by atoms with van der Waals surface area (Å²) >= 11 is 0. The van der Waals surface area contributed by atoms with Crippen LogP contribution in [-0.2, 0) is 10.0 Å². The molecule has 0 amide bonds. The number of nitrogens with two attached hydrogens (primary N) is 1. The molecule has 0 spiro atoms. The number of hydrogen-bond donors (Lipinski definition) is 3. The minimum absolute atomic E-state index is 0.189. The maximum atomic E-state index is 12.5. The summed E-state index contributed by atoms with van der Waals surface area (Å²) in [6.45, 7) is 1.69. The van der Waals surface area contributed by atoms with E-state index in [1.807, 2.05) is 0 Å². The standard InChI is InChI=1S/C14H22N2O3S/c1-10-11(15)6-5-9-14(10)20(18,19)16-12-7-3-2-4-8-13(12)17/h5-6,9,12-13,16-17H,2-4,7-8,15H2,1H3. The number of anilines is 1. The Balaban J connectivity index is 2.24. The zero-order chi connectivity index (χ0) is 14.8. The van der Waals surface area contributed by atoms with Crippen molar-refractivity contribution in [1.29, 1.82) is 0 Å². The molecule has 1 aliphatic rings. The minimum atomic E-state index is -3.65. The first-order chi connectivity index (χ1) is 9.42. The van der Waals surface area contributed by atoms with Crippen LogP contribution in [0.15, 0.2) is 23.1 Å². The monoisotopic (exact) mass is 298 g/mol. The molecule has 2 rings (SSSR count). The lowest BCUT2D eigenvalue weighted by molar-refractivity contribution is 0.130.